The van der Waals surface area contributed by atoms with E-state index in [9.17, 15) is 44.7 Å². The quantitative estimate of drug-likeness (QED) is 0.159. The summed E-state index contributed by atoms with van der Waals surface area (Å²) < 4.78 is 109. The fourth-order valence-corrected chi connectivity index (χ4v) is 2.91. The van der Waals surface area contributed by atoms with E-state index in [0.717, 1.165) is 6.04 Å². The lowest BCUT2D eigenvalue weighted by molar-refractivity contribution is -0.349. The van der Waals surface area contributed by atoms with Crippen LogP contribution in [0.1, 0.15) is 12.8 Å². The molecule has 0 aliphatic carbocycles. The van der Waals surface area contributed by atoms with Crippen molar-refractivity contribution < 1.29 is 54.2 Å². The third kappa shape index (κ3) is 10.0. The van der Waals surface area contributed by atoms with Gasteiger partial charge in [0.2, 0.25) is 0 Å². The summed E-state index contributed by atoms with van der Waals surface area (Å²) in [5, 5.41) is 0. The van der Waals surface area contributed by atoms with E-state index in [2.05, 4.69) is 29.1 Å². The van der Waals surface area contributed by atoms with Crippen molar-refractivity contribution in [3.05, 3.63) is 12.2 Å². The highest BCUT2D eigenvalue weighted by Gasteiger charge is 2.66. The number of hydrogen-bond acceptors (Lipinski definition) is 4. The highest BCUT2D eigenvalue weighted by atomic mass is 28.3. The van der Waals surface area contributed by atoms with Crippen LogP contribution in [0.25, 0.3) is 0 Å². The number of carbonyl (C=O) groups excluding carboxylic acids is 2. The topological polar surface area (TPSA) is 52.6 Å². The Kier molecular flexibility index (Phi) is 9.12. The Hall–Kier alpha value is -1.66. The van der Waals surface area contributed by atoms with Crippen LogP contribution < -0.4 is 0 Å². The zero-order valence-electron chi connectivity index (χ0n) is 15.2. The first kappa shape index (κ1) is 26.3. The molecule has 0 aromatic heterocycles. The molecule has 0 N–H and O–H groups in total. The molecule has 0 bridgehead atoms. The zero-order chi connectivity index (χ0) is 22.4. The lowest BCUT2D eigenvalue weighted by Gasteiger charge is -2.28. The Morgan fingerprint density at radius 3 is 1.93 bits per heavy atom. The molecule has 0 aliphatic heterocycles. The average Bonchev–Trinajstić information content (AvgIpc) is 2.46. The molecule has 1 unspecified atom stereocenters. The molecule has 0 amide bonds. The number of rotatable bonds is 10. The van der Waals surface area contributed by atoms with Crippen LogP contribution in [-0.2, 0) is 19.1 Å². The van der Waals surface area contributed by atoms with Crippen LogP contribution in [0.5, 0.6) is 0 Å². The van der Waals surface area contributed by atoms with Crippen LogP contribution in [0.4, 0.5) is 35.1 Å². The van der Waals surface area contributed by atoms with Gasteiger partial charge in [0, 0.05) is 20.2 Å². The molecule has 164 valence electrons. The highest BCUT2D eigenvalue weighted by Crippen LogP contribution is 2.43. The van der Waals surface area contributed by atoms with Gasteiger partial charge in [0.1, 0.15) is 0 Å². The third-order valence-electron chi connectivity index (χ3n) is 3.09. The van der Waals surface area contributed by atoms with Crippen molar-refractivity contribution in [1.29, 1.82) is 0 Å². The minimum absolute atomic E-state index is 0.0157. The molecule has 0 saturated carbocycles. The molecule has 0 aliphatic rings. The molecule has 1 atom stereocenters. The molecule has 4 nitrogen and oxygen atoms in total. The largest absolute Gasteiger partial charge is 0.469 e. The Bertz CT molecular complexity index is 569. The molecule has 0 aromatic rings. The molecule has 28 heavy (non-hydrogen) atoms. The Morgan fingerprint density at radius 2 is 1.46 bits per heavy atom. The van der Waals surface area contributed by atoms with E-state index in [0.29, 0.717) is 12.5 Å². The predicted octanol–water partition coefficient (Wildman–Crippen LogP) is 4.88. The van der Waals surface area contributed by atoms with Crippen LogP contribution in [0, 0.1) is 0 Å². The monoisotopic (exact) mass is 444 g/mol. The summed E-state index contributed by atoms with van der Waals surface area (Å²) in [7, 11) is -1.37. The van der Waals surface area contributed by atoms with Gasteiger partial charge in [-0.05, 0) is 6.42 Å². The van der Waals surface area contributed by atoms with Gasteiger partial charge in [-0.1, -0.05) is 25.7 Å². The Balaban J connectivity index is 4.69. The van der Waals surface area contributed by atoms with Gasteiger partial charge in [0.25, 0.3) is 0 Å². The molecule has 0 aromatic carbocycles. The van der Waals surface area contributed by atoms with Crippen molar-refractivity contribution in [2.45, 2.75) is 62.9 Å². The fraction of sp³-hybridized carbons (Fsp3) is 0.733. The van der Waals surface area contributed by atoms with Gasteiger partial charge in [-0.2, -0.15) is 30.7 Å². The van der Waals surface area contributed by atoms with Crippen LogP contribution in [0.2, 0.25) is 25.7 Å². The van der Waals surface area contributed by atoms with Gasteiger partial charge >= 0.3 is 30.1 Å². The van der Waals surface area contributed by atoms with Crippen molar-refractivity contribution in [3.63, 3.8) is 0 Å². The molecule has 0 fully saturated rings. The standard InChI is InChI=1S/C15H20F8O4Si/c1-28(2,3)8-4-7-26-11(24)5-6-12(25)27-15(22,23)14(20,21)10(16)9-13(17,18)19/h5-6,10H,4,7-9H2,1-3H3. The fourth-order valence-electron chi connectivity index (χ4n) is 1.70. The Morgan fingerprint density at radius 1 is 0.964 bits per heavy atom. The van der Waals surface area contributed by atoms with Gasteiger partial charge in [-0.3, -0.25) is 0 Å². The van der Waals surface area contributed by atoms with E-state index in [1.165, 1.54) is 0 Å². The first-order valence-electron chi connectivity index (χ1n) is 7.92. The number of esters is 2. The molecule has 13 heteroatoms. The smallest absolute Gasteiger partial charge is 0.463 e. The second-order valence-corrected chi connectivity index (χ2v) is 12.6. The van der Waals surface area contributed by atoms with Crippen molar-refractivity contribution in [2.24, 2.45) is 0 Å². The summed E-state index contributed by atoms with van der Waals surface area (Å²) in [6.07, 6.45) is -17.7. The number of alkyl halides is 8. The van der Waals surface area contributed by atoms with E-state index in [1.807, 2.05) is 0 Å². The maximum Gasteiger partial charge on any atom is 0.469 e. The second kappa shape index (κ2) is 9.70. The minimum Gasteiger partial charge on any atom is -0.463 e. The number of ether oxygens (including phenoxy) is 2. The molecule has 0 rings (SSSR count). The first-order chi connectivity index (χ1) is 12.4. The number of carbonyl (C=O) groups is 2. The molecule has 0 saturated heterocycles. The van der Waals surface area contributed by atoms with Gasteiger partial charge in [0.15, 0.2) is 6.17 Å². The van der Waals surface area contributed by atoms with Crippen molar-refractivity contribution in [2.75, 3.05) is 6.61 Å². The number of hydrogen-bond donors (Lipinski definition) is 0. The molecule has 0 radical (unpaired) electrons. The van der Waals surface area contributed by atoms with E-state index in [4.69, 9.17) is 0 Å². The molecular formula is C15H20F8O4Si. The normalized spacial score (nSPS) is 14.8. The van der Waals surface area contributed by atoms with E-state index < -0.39 is 50.8 Å². The second-order valence-electron chi connectivity index (χ2n) is 7.01. The summed E-state index contributed by atoms with van der Waals surface area (Å²) in [6.45, 7) is 6.17. The van der Waals surface area contributed by atoms with Crippen LogP contribution in [0.15, 0.2) is 12.2 Å². The van der Waals surface area contributed by atoms with Crippen molar-refractivity contribution in [3.8, 4) is 0 Å². The third-order valence-corrected chi connectivity index (χ3v) is 4.95. The van der Waals surface area contributed by atoms with E-state index >= 15 is 0 Å². The van der Waals surface area contributed by atoms with Crippen molar-refractivity contribution in [1.82, 2.24) is 0 Å². The summed E-state index contributed by atoms with van der Waals surface area (Å²) in [6, 6.07) is 0.815. The van der Waals surface area contributed by atoms with Gasteiger partial charge in [0.05, 0.1) is 13.0 Å². The maximum atomic E-state index is 13.2. The maximum absolute atomic E-state index is 13.2. The summed E-state index contributed by atoms with van der Waals surface area (Å²) in [5.74, 6) is -9.28. The summed E-state index contributed by atoms with van der Waals surface area (Å²) in [5.41, 5.74) is 0. The average molecular weight is 444 g/mol. The molecule has 0 spiro atoms. The Labute approximate surface area is 156 Å². The van der Waals surface area contributed by atoms with Crippen LogP contribution in [-0.4, -0.2) is 51.0 Å². The lowest BCUT2D eigenvalue weighted by atomic mass is 10.1. The number of halogens is 8. The van der Waals surface area contributed by atoms with Gasteiger partial charge in [-0.25, -0.2) is 14.0 Å². The van der Waals surface area contributed by atoms with Crippen LogP contribution in [0.3, 0.4) is 0 Å². The summed E-state index contributed by atoms with van der Waals surface area (Å²) in [4.78, 5) is 22.4. The van der Waals surface area contributed by atoms with Crippen LogP contribution >= 0.6 is 0 Å². The van der Waals surface area contributed by atoms with E-state index in [1.54, 1.807) is 0 Å². The van der Waals surface area contributed by atoms with Crippen molar-refractivity contribution >= 4 is 20.0 Å². The highest BCUT2D eigenvalue weighted by molar-refractivity contribution is 6.76. The predicted molar refractivity (Wildman–Crippen MR) is 84.4 cm³/mol. The SMILES string of the molecule is C[Si](C)(C)CCCOC(=O)C=CC(=O)OC(F)(F)C(F)(F)C(F)CC(F)(F)F. The lowest BCUT2D eigenvalue weighted by Crippen LogP contribution is -2.51. The first-order valence-corrected chi connectivity index (χ1v) is 11.6. The van der Waals surface area contributed by atoms with Gasteiger partial charge in [-0.15, -0.1) is 0 Å². The molecular weight excluding hydrogens is 424 g/mol. The van der Waals surface area contributed by atoms with E-state index in [-0.39, 0.29) is 12.7 Å². The minimum atomic E-state index is -5.94. The van der Waals surface area contributed by atoms with Gasteiger partial charge < -0.3 is 9.47 Å². The molecule has 0 heterocycles. The zero-order valence-corrected chi connectivity index (χ0v) is 16.2. The summed E-state index contributed by atoms with van der Waals surface area (Å²) >= 11 is 0.